The van der Waals surface area contributed by atoms with Crippen molar-refractivity contribution in [2.75, 3.05) is 26.3 Å². The van der Waals surface area contributed by atoms with E-state index in [0.29, 0.717) is 30.3 Å². The van der Waals surface area contributed by atoms with Gasteiger partial charge >= 0.3 is 0 Å². The third-order valence-corrected chi connectivity index (χ3v) is 3.20. The highest BCUT2D eigenvalue weighted by Gasteiger charge is 2.19. The molecule has 3 rings (SSSR count). The van der Waals surface area contributed by atoms with Crippen molar-refractivity contribution in [3.63, 3.8) is 0 Å². The van der Waals surface area contributed by atoms with Gasteiger partial charge in [0.2, 0.25) is 0 Å². The van der Waals surface area contributed by atoms with Crippen LogP contribution in [0.15, 0.2) is 18.2 Å². The minimum Gasteiger partial charge on any atom is -0.486 e. The van der Waals surface area contributed by atoms with E-state index in [1.165, 1.54) is 0 Å². The lowest BCUT2D eigenvalue weighted by atomic mass is 10.1. The van der Waals surface area contributed by atoms with E-state index in [1.54, 1.807) is 18.2 Å². The first-order valence-electron chi connectivity index (χ1n) is 6.24. The Hall–Kier alpha value is -1.46. The van der Waals surface area contributed by atoms with Crippen LogP contribution in [0.1, 0.15) is 16.8 Å². The standard InChI is InChI=1S/C13H16N2O3.ClH/c16-13(15-10-3-4-14-8-10)9-1-2-11-12(7-9)18-6-5-17-11;/h1-2,7,10,14H,3-6,8H2,(H,15,16);1H. The summed E-state index contributed by atoms with van der Waals surface area (Å²) in [6, 6.07) is 5.53. The van der Waals surface area contributed by atoms with Crippen molar-refractivity contribution in [2.45, 2.75) is 12.5 Å². The Labute approximate surface area is 118 Å². The van der Waals surface area contributed by atoms with Crippen molar-refractivity contribution in [1.29, 1.82) is 0 Å². The number of fused-ring (bicyclic) bond motifs is 1. The van der Waals surface area contributed by atoms with E-state index in [4.69, 9.17) is 9.47 Å². The van der Waals surface area contributed by atoms with Gasteiger partial charge < -0.3 is 20.1 Å². The van der Waals surface area contributed by atoms with E-state index < -0.39 is 0 Å². The second-order valence-corrected chi connectivity index (χ2v) is 4.52. The first kappa shape index (κ1) is 14.0. The number of amides is 1. The van der Waals surface area contributed by atoms with Gasteiger partial charge in [0, 0.05) is 18.2 Å². The lowest BCUT2D eigenvalue weighted by molar-refractivity contribution is 0.0939. The molecular formula is C13H17ClN2O3. The van der Waals surface area contributed by atoms with Gasteiger partial charge in [0.25, 0.3) is 5.91 Å². The van der Waals surface area contributed by atoms with Crippen molar-refractivity contribution >= 4 is 18.3 Å². The molecule has 19 heavy (non-hydrogen) atoms. The minimum absolute atomic E-state index is 0. The summed E-state index contributed by atoms with van der Waals surface area (Å²) in [4.78, 5) is 12.1. The molecular weight excluding hydrogens is 268 g/mol. The predicted molar refractivity (Wildman–Crippen MR) is 73.4 cm³/mol. The van der Waals surface area contributed by atoms with E-state index >= 15 is 0 Å². The molecule has 0 radical (unpaired) electrons. The maximum atomic E-state index is 12.1. The Kier molecular flexibility index (Phi) is 4.50. The highest BCUT2D eigenvalue weighted by molar-refractivity contribution is 5.95. The maximum absolute atomic E-state index is 12.1. The molecule has 1 fully saturated rings. The van der Waals surface area contributed by atoms with Crippen molar-refractivity contribution in [3.8, 4) is 11.5 Å². The Balaban J connectivity index is 0.00000133. The number of rotatable bonds is 2. The smallest absolute Gasteiger partial charge is 0.251 e. The molecule has 2 heterocycles. The van der Waals surface area contributed by atoms with E-state index in [-0.39, 0.29) is 24.4 Å². The molecule has 0 bridgehead atoms. The number of hydrogen-bond donors (Lipinski definition) is 2. The van der Waals surface area contributed by atoms with Gasteiger partial charge in [-0.3, -0.25) is 4.79 Å². The minimum atomic E-state index is -0.0549. The molecule has 0 saturated carbocycles. The second kappa shape index (κ2) is 6.12. The van der Waals surface area contributed by atoms with Gasteiger partial charge in [-0.2, -0.15) is 0 Å². The third kappa shape index (κ3) is 3.11. The SMILES string of the molecule is Cl.O=C(NC1CCNC1)c1ccc2c(c1)OCCO2. The van der Waals surface area contributed by atoms with E-state index in [1.807, 2.05) is 0 Å². The quantitative estimate of drug-likeness (QED) is 0.850. The van der Waals surface area contributed by atoms with Crippen LogP contribution >= 0.6 is 12.4 Å². The molecule has 2 N–H and O–H groups in total. The number of carbonyl (C=O) groups is 1. The number of carbonyl (C=O) groups excluding carboxylic acids is 1. The van der Waals surface area contributed by atoms with Crippen LogP contribution < -0.4 is 20.1 Å². The van der Waals surface area contributed by atoms with Crippen LogP contribution in [0.3, 0.4) is 0 Å². The fourth-order valence-corrected chi connectivity index (χ4v) is 2.23. The topological polar surface area (TPSA) is 59.6 Å². The largest absolute Gasteiger partial charge is 0.486 e. The molecule has 5 nitrogen and oxygen atoms in total. The Bertz CT molecular complexity index is 461. The van der Waals surface area contributed by atoms with E-state index in [2.05, 4.69) is 10.6 Å². The first-order valence-corrected chi connectivity index (χ1v) is 6.24. The summed E-state index contributed by atoms with van der Waals surface area (Å²) < 4.78 is 10.9. The average molecular weight is 285 g/mol. The van der Waals surface area contributed by atoms with Crippen LogP contribution in [-0.4, -0.2) is 38.3 Å². The molecule has 104 valence electrons. The first-order chi connectivity index (χ1) is 8.83. The third-order valence-electron chi connectivity index (χ3n) is 3.20. The summed E-state index contributed by atoms with van der Waals surface area (Å²) in [7, 11) is 0. The molecule has 2 aliphatic rings. The van der Waals surface area contributed by atoms with Crippen molar-refractivity contribution < 1.29 is 14.3 Å². The molecule has 1 saturated heterocycles. The van der Waals surface area contributed by atoms with E-state index in [0.717, 1.165) is 19.5 Å². The fraction of sp³-hybridized carbons (Fsp3) is 0.462. The molecule has 0 aromatic heterocycles. The summed E-state index contributed by atoms with van der Waals surface area (Å²) in [5.74, 6) is 1.31. The highest BCUT2D eigenvalue weighted by Crippen LogP contribution is 2.30. The molecule has 0 aliphatic carbocycles. The number of hydrogen-bond acceptors (Lipinski definition) is 4. The molecule has 1 aromatic rings. The van der Waals surface area contributed by atoms with Crippen LogP contribution in [0.4, 0.5) is 0 Å². The van der Waals surface area contributed by atoms with Gasteiger partial charge in [-0.15, -0.1) is 12.4 Å². The molecule has 1 aromatic carbocycles. The predicted octanol–water partition coefficient (Wildman–Crippen LogP) is 0.971. The van der Waals surface area contributed by atoms with Crippen LogP contribution in [0, 0.1) is 0 Å². The Morgan fingerprint density at radius 2 is 2.05 bits per heavy atom. The summed E-state index contributed by atoms with van der Waals surface area (Å²) in [6.45, 7) is 2.90. The summed E-state index contributed by atoms with van der Waals surface area (Å²) >= 11 is 0. The zero-order chi connectivity index (χ0) is 12.4. The molecule has 1 amide bonds. The van der Waals surface area contributed by atoms with E-state index in [9.17, 15) is 4.79 Å². The van der Waals surface area contributed by atoms with Gasteiger partial charge in [-0.05, 0) is 31.2 Å². The zero-order valence-electron chi connectivity index (χ0n) is 10.5. The lowest BCUT2D eigenvalue weighted by Crippen LogP contribution is -2.36. The zero-order valence-corrected chi connectivity index (χ0v) is 11.3. The highest BCUT2D eigenvalue weighted by atomic mass is 35.5. The number of ether oxygens (including phenoxy) is 2. The van der Waals surface area contributed by atoms with Gasteiger partial charge in [0.15, 0.2) is 11.5 Å². The second-order valence-electron chi connectivity index (χ2n) is 4.52. The molecule has 0 spiro atoms. The molecule has 1 unspecified atom stereocenters. The van der Waals surface area contributed by atoms with Gasteiger partial charge in [-0.25, -0.2) is 0 Å². The number of halogens is 1. The lowest BCUT2D eigenvalue weighted by Gasteiger charge is -2.19. The number of nitrogens with one attached hydrogen (secondary N) is 2. The van der Waals surface area contributed by atoms with Crippen LogP contribution in [0.25, 0.3) is 0 Å². The van der Waals surface area contributed by atoms with Gasteiger partial charge in [0.05, 0.1) is 0 Å². The number of benzene rings is 1. The molecule has 1 atom stereocenters. The Morgan fingerprint density at radius 3 is 2.79 bits per heavy atom. The summed E-state index contributed by atoms with van der Waals surface area (Å²) in [5, 5.41) is 6.22. The van der Waals surface area contributed by atoms with Crippen molar-refractivity contribution in [2.24, 2.45) is 0 Å². The normalized spacial score (nSPS) is 20.5. The summed E-state index contributed by atoms with van der Waals surface area (Å²) in [5.41, 5.74) is 0.617. The molecule has 6 heteroatoms. The van der Waals surface area contributed by atoms with Crippen molar-refractivity contribution in [1.82, 2.24) is 10.6 Å². The Morgan fingerprint density at radius 1 is 1.26 bits per heavy atom. The van der Waals surface area contributed by atoms with Crippen LogP contribution in [-0.2, 0) is 0 Å². The van der Waals surface area contributed by atoms with Crippen LogP contribution in [0.2, 0.25) is 0 Å². The fourth-order valence-electron chi connectivity index (χ4n) is 2.23. The van der Waals surface area contributed by atoms with Crippen LogP contribution in [0.5, 0.6) is 11.5 Å². The maximum Gasteiger partial charge on any atom is 0.251 e. The monoisotopic (exact) mass is 284 g/mol. The van der Waals surface area contributed by atoms with Gasteiger partial charge in [0.1, 0.15) is 13.2 Å². The average Bonchev–Trinajstić information content (AvgIpc) is 2.91. The van der Waals surface area contributed by atoms with Gasteiger partial charge in [-0.1, -0.05) is 0 Å². The van der Waals surface area contributed by atoms with Crippen molar-refractivity contribution in [3.05, 3.63) is 23.8 Å². The molecule has 2 aliphatic heterocycles. The summed E-state index contributed by atoms with van der Waals surface area (Å²) in [6.07, 6.45) is 0.982.